The predicted octanol–water partition coefficient (Wildman–Crippen LogP) is 1.81. The van der Waals surface area contributed by atoms with Crippen molar-refractivity contribution in [1.29, 1.82) is 5.26 Å². The maximum absolute atomic E-state index is 11.3. The van der Waals surface area contributed by atoms with Crippen LogP contribution < -0.4 is 5.32 Å². The summed E-state index contributed by atoms with van der Waals surface area (Å²) >= 11 is 0. The molecule has 3 nitrogen and oxygen atoms in total. The molecule has 0 aliphatic heterocycles. The number of nitrogens with one attached hydrogen (secondary N) is 1. The van der Waals surface area contributed by atoms with Crippen molar-refractivity contribution in [1.82, 2.24) is 5.32 Å². The van der Waals surface area contributed by atoms with Crippen LogP contribution in [0.25, 0.3) is 0 Å². The van der Waals surface area contributed by atoms with Crippen molar-refractivity contribution < 1.29 is 4.79 Å². The molecule has 0 saturated carbocycles. The van der Waals surface area contributed by atoms with Gasteiger partial charge in [-0.3, -0.25) is 4.79 Å². The molecule has 16 heavy (non-hydrogen) atoms. The Balaban J connectivity index is 2.37. The highest BCUT2D eigenvalue weighted by molar-refractivity contribution is 5.80. The first-order valence-electron chi connectivity index (χ1n) is 5.36. The summed E-state index contributed by atoms with van der Waals surface area (Å²) in [6.45, 7) is 4.22. The van der Waals surface area contributed by atoms with Gasteiger partial charge in [0.1, 0.15) is 5.92 Å². The summed E-state index contributed by atoms with van der Waals surface area (Å²) in [6.07, 6.45) is 0.797. The van der Waals surface area contributed by atoms with E-state index in [1.165, 1.54) is 11.1 Å². The highest BCUT2D eigenvalue weighted by Crippen LogP contribution is 2.04. The Bertz CT molecular complexity index is 407. The summed E-state index contributed by atoms with van der Waals surface area (Å²) in [6, 6.07) is 10.1. The van der Waals surface area contributed by atoms with Gasteiger partial charge in [-0.25, -0.2) is 0 Å². The fraction of sp³-hybridized carbons (Fsp3) is 0.385. The lowest BCUT2D eigenvalue weighted by molar-refractivity contribution is -0.122. The number of carbonyl (C=O) groups is 1. The second-order valence-electron chi connectivity index (χ2n) is 3.88. The third-order valence-electron chi connectivity index (χ3n) is 2.38. The van der Waals surface area contributed by atoms with Crippen LogP contribution in [-0.4, -0.2) is 12.5 Å². The molecule has 0 radical (unpaired) electrons. The van der Waals surface area contributed by atoms with E-state index in [-0.39, 0.29) is 5.91 Å². The van der Waals surface area contributed by atoms with Crippen molar-refractivity contribution in [2.24, 2.45) is 5.92 Å². The van der Waals surface area contributed by atoms with E-state index < -0.39 is 5.92 Å². The number of aryl methyl sites for hydroxylation is 1. The van der Waals surface area contributed by atoms with Crippen LogP contribution in [0.15, 0.2) is 24.3 Å². The standard InChI is InChI=1S/C13H16N2O/c1-10-4-3-5-12(8-10)6-7-15-13(16)11(2)9-14/h3-5,8,11H,6-7H2,1-2H3,(H,15,16). The van der Waals surface area contributed by atoms with Crippen LogP contribution in [-0.2, 0) is 11.2 Å². The van der Waals surface area contributed by atoms with E-state index >= 15 is 0 Å². The number of hydrogen-bond donors (Lipinski definition) is 1. The fourth-order valence-electron chi connectivity index (χ4n) is 1.41. The van der Waals surface area contributed by atoms with Gasteiger partial charge in [0.05, 0.1) is 6.07 Å². The van der Waals surface area contributed by atoms with Gasteiger partial charge in [-0.05, 0) is 25.8 Å². The van der Waals surface area contributed by atoms with Crippen LogP contribution in [0.5, 0.6) is 0 Å². The second-order valence-corrected chi connectivity index (χ2v) is 3.88. The van der Waals surface area contributed by atoms with Crippen molar-refractivity contribution in [3.8, 4) is 6.07 Å². The monoisotopic (exact) mass is 216 g/mol. The average Bonchev–Trinajstić information content (AvgIpc) is 2.28. The first-order chi connectivity index (χ1) is 7.63. The Morgan fingerprint density at radius 2 is 2.31 bits per heavy atom. The van der Waals surface area contributed by atoms with Gasteiger partial charge in [0, 0.05) is 6.54 Å². The Morgan fingerprint density at radius 3 is 2.94 bits per heavy atom. The van der Waals surface area contributed by atoms with E-state index in [0.717, 1.165) is 6.42 Å². The van der Waals surface area contributed by atoms with Crippen LogP contribution in [0.1, 0.15) is 18.1 Å². The largest absolute Gasteiger partial charge is 0.355 e. The summed E-state index contributed by atoms with van der Waals surface area (Å²) in [5, 5.41) is 11.3. The Morgan fingerprint density at radius 1 is 1.56 bits per heavy atom. The van der Waals surface area contributed by atoms with E-state index in [0.29, 0.717) is 6.54 Å². The summed E-state index contributed by atoms with van der Waals surface area (Å²) < 4.78 is 0. The van der Waals surface area contributed by atoms with Crippen LogP contribution >= 0.6 is 0 Å². The first kappa shape index (κ1) is 12.3. The van der Waals surface area contributed by atoms with Gasteiger partial charge < -0.3 is 5.32 Å². The number of amides is 1. The van der Waals surface area contributed by atoms with Gasteiger partial charge in [-0.1, -0.05) is 29.8 Å². The average molecular weight is 216 g/mol. The molecule has 84 valence electrons. The van der Waals surface area contributed by atoms with E-state index in [1.807, 2.05) is 31.2 Å². The van der Waals surface area contributed by atoms with Crippen molar-refractivity contribution in [2.75, 3.05) is 6.54 Å². The molecule has 1 rings (SSSR count). The summed E-state index contributed by atoms with van der Waals surface area (Å²) in [4.78, 5) is 11.3. The fourth-order valence-corrected chi connectivity index (χ4v) is 1.41. The zero-order chi connectivity index (χ0) is 12.0. The maximum Gasteiger partial charge on any atom is 0.237 e. The number of hydrogen-bond acceptors (Lipinski definition) is 2. The molecule has 1 N–H and O–H groups in total. The maximum atomic E-state index is 11.3. The second kappa shape index (κ2) is 5.92. The van der Waals surface area contributed by atoms with E-state index in [4.69, 9.17) is 5.26 Å². The Kier molecular flexibility index (Phi) is 4.53. The Hall–Kier alpha value is -1.82. The number of rotatable bonds is 4. The van der Waals surface area contributed by atoms with Crippen LogP contribution in [0, 0.1) is 24.2 Å². The third-order valence-corrected chi connectivity index (χ3v) is 2.38. The van der Waals surface area contributed by atoms with Crippen LogP contribution in [0.4, 0.5) is 0 Å². The quantitative estimate of drug-likeness (QED) is 0.834. The van der Waals surface area contributed by atoms with Crippen molar-refractivity contribution in [2.45, 2.75) is 20.3 Å². The van der Waals surface area contributed by atoms with Gasteiger partial charge in [-0.15, -0.1) is 0 Å². The molecule has 1 aromatic carbocycles. The van der Waals surface area contributed by atoms with Gasteiger partial charge in [-0.2, -0.15) is 5.26 Å². The molecular weight excluding hydrogens is 200 g/mol. The molecule has 0 aliphatic rings. The smallest absolute Gasteiger partial charge is 0.237 e. The lowest BCUT2D eigenvalue weighted by Gasteiger charge is -2.06. The van der Waals surface area contributed by atoms with Crippen molar-refractivity contribution in [3.63, 3.8) is 0 Å². The molecule has 1 atom stereocenters. The highest BCUT2D eigenvalue weighted by atomic mass is 16.1. The van der Waals surface area contributed by atoms with E-state index in [1.54, 1.807) is 6.92 Å². The topological polar surface area (TPSA) is 52.9 Å². The highest BCUT2D eigenvalue weighted by Gasteiger charge is 2.09. The zero-order valence-corrected chi connectivity index (χ0v) is 9.66. The molecule has 1 aromatic rings. The van der Waals surface area contributed by atoms with Crippen molar-refractivity contribution >= 4 is 5.91 Å². The third kappa shape index (κ3) is 3.74. The van der Waals surface area contributed by atoms with Gasteiger partial charge >= 0.3 is 0 Å². The van der Waals surface area contributed by atoms with Crippen LogP contribution in [0.3, 0.4) is 0 Å². The minimum atomic E-state index is -0.572. The number of carbonyl (C=O) groups excluding carboxylic acids is 1. The number of nitrogens with zero attached hydrogens (tertiary/aromatic N) is 1. The molecule has 0 fully saturated rings. The van der Waals surface area contributed by atoms with Crippen LogP contribution in [0.2, 0.25) is 0 Å². The van der Waals surface area contributed by atoms with E-state index in [9.17, 15) is 4.79 Å². The summed E-state index contributed by atoms with van der Waals surface area (Å²) in [7, 11) is 0. The molecule has 0 aliphatic carbocycles. The molecule has 0 bridgehead atoms. The molecule has 3 heteroatoms. The first-order valence-corrected chi connectivity index (χ1v) is 5.36. The van der Waals surface area contributed by atoms with Gasteiger partial charge in [0.25, 0.3) is 0 Å². The minimum Gasteiger partial charge on any atom is -0.355 e. The Labute approximate surface area is 96.1 Å². The molecule has 0 heterocycles. The summed E-state index contributed by atoms with van der Waals surface area (Å²) in [5.74, 6) is -0.771. The predicted molar refractivity (Wildman–Crippen MR) is 62.7 cm³/mol. The van der Waals surface area contributed by atoms with Gasteiger partial charge in [0.2, 0.25) is 5.91 Å². The number of nitriles is 1. The normalized spacial score (nSPS) is 11.6. The minimum absolute atomic E-state index is 0.199. The molecule has 1 amide bonds. The van der Waals surface area contributed by atoms with E-state index in [2.05, 4.69) is 11.4 Å². The molecule has 0 spiro atoms. The SMILES string of the molecule is Cc1cccc(CCNC(=O)C(C)C#N)c1. The van der Waals surface area contributed by atoms with Gasteiger partial charge in [0.15, 0.2) is 0 Å². The molecule has 0 aromatic heterocycles. The summed E-state index contributed by atoms with van der Waals surface area (Å²) in [5.41, 5.74) is 2.42. The molecular formula is C13H16N2O. The lowest BCUT2D eigenvalue weighted by atomic mass is 10.1. The molecule has 1 unspecified atom stereocenters. The number of benzene rings is 1. The zero-order valence-electron chi connectivity index (χ0n) is 9.66. The molecule has 0 saturated heterocycles. The van der Waals surface area contributed by atoms with Crippen molar-refractivity contribution in [3.05, 3.63) is 35.4 Å². The lowest BCUT2D eigenvalue weighted by Crippen LogP contribution is -2.30.